The molecule has 0 atom stereocenters. The largest absolute Gasteiger partial charge is 0.378 e. The number of fused-ring (bicyclic) bond motifs is 1. The number of ether oxygens (including phenoxy) is 1. The molecule has 1 aliphatic rings. The van der Waals surface area contributed by atoms with Gasteiger partial charge in [-0.25, -0.2) is 4.98 Å². The molecule has 122 valence electrons. The maximum atomic E-state index is 12.6. The molecule has 1 fully saturated rings. The van der Waals surface area contributed by atoms with Crippen LogP contribution < -0.4 is 0 Å². The van der Waals surface area contributed by atoms with E-state index in [0.717, 1.165) is 20.8 Å². The topological polar surface area (TPSA) is 55.3 Å². The summed E-state index contributed by atoms with van der Waals surface area (Å²) in [6.45, 7) is 2.36. The van der Waals surface area contributed by atoms with Gasteiger partial charge in [0.05, 0.1) is 39.0 Å². The lowest BCUT2D eigenvalue weighted by atomic mass is 10.2. The van der Waals surface area contributed by atoms with E-state index in [1.807, 2.05) is 18.2 Å². The van der Waals surface area contributed by atoms with E-state index >= 15 is 0 Å². The molecule has 1 saturated heterocycles. The number of hydrogen-bond acceptors (Lipinski definition) is 5. The Kier molecular flexibility index (Phi) is 4.18. The molecule has 3 aromatic rings. The van der Waals surface area contributed by atoms with Gasteiger partial charge in [-0.2, -0.15) is 0 Å². The van der Waals surface area contributed by atoms with Crippen LogP contribution in [0, 0.1) is 0 Å². The normalized spacial score (nSPS) is 15.0. The van der Waals surface area contributed by atoms with Crippen LogP contribution in [0.1, 0.15) is 10.5 Å². The third-order valence-electron chi connectivity index (χ3n) is 3.88. The molecule has 4 heterocycles. The van der Waals surface area contributed by atoms with E-state index in [4.69, 9.17) is 16.3 Å². The van der Waals surface area contributed by atoms with E-state index in [0.29, 0.717) is 37.0 Å². The van der Waals surface area contributed by atoms with Crippen LogP contribution in [0.5, 0.6) is 0 Å². The van der Waals surface area contributed by atoms with Gasteiger partial charge < -0.3 is 9.64 Å². The van der Waals surface area contributed by atoms with Crippen molar-refractivity contribution in [3.8, 4) is 10.6 Å². The van der Waals surface area contributed by atoms with Gasteiger partial charge >= 0.3 is 0 Å². The third kappa shape index (κ3) is 2.88. The van der Waals surface area contributed by atoms with Crippen molar-refractivity contribution in [1.82, 2.24) is 14.9 Å². The number of thiophene rings is 1. The Bertz CT molecular complexity index is 906. The summed E-state index contributed by atoms with van der Waals surface area (Å²) in [4.78, 5) is 24.2. The Morgan fingerprint density at radius 1 is 1.25 bits per heavy atom. The van der Waals surface area contributed by atoms with Gasteiger partial charge in [0.25, 0.3) is 5.91 Å². The van der Waals surface area contributed by atoms with Crippen LogP contribution in [-0.2, 0) is 4.74 Å². The molecule has 0 radical (unpaired) electrons. The van der Waals surface area contributed by atoms with Gasteiger partial charge in [0.15, 0.2) is 0 Å². The number of rotatable bonds is 2. The van der Waals surface area contributed by atoms with Crippen molar-refractivity contribution in [2.75, 3.05) is 26.3 Å². The minimum atomic E-state index is -0.0579. The lowest BCUT2D eigenvalue weighted by molar-refractivity contribution is 0.0299. The standard InChI is InChI=1S/C17H14ClN3O2S/c18-11-4-5-19-14-10-15(24-16(11)14)12-2-1-3-13(20-12)17(22)21-6-8-23-9-7-21/h1-5,10H,6-9H2. The molecular formula is C17H14ClN3O2S. The third-order valence-corrected chi connectivity index (χ3v) is 5.49. The van der Waals surface area contributed by atoms with Gasteiger partial charge in [-0.3, -0.25) is 9.78 Å². The first-order chi connectivity index (χ1) is 11.7. The number of halogens is 1. The van der Waals surface area contributed by atoms with Crippen molar-refractivity contribution < 1.29 is 9.53 Å². The lowest BCUT2D eigenvalue weighted by Crippen LogP contribution is -2.41. The summed E-state index contributed by atoms with van der Waals surface area (Å²) in [5.74, 6) is -0.0579. The first-order valence-corrected chi connectivity index (χ1v) is 8.80. The molecule has 0 bridgehead atoms. The van der Waals surface area contributed by atoms with Crippen molar-refractivity contribution in [1.29, 1.82) is 0 Å². The number of morpholine rings is 1. The van der Waals surface area contributed by atoms with Crippen LogP contribution in [0.25, 0.3) is 20.8 Å². The number of aromatic nitrogens is 2. The Balaban J connectivity index is 1.68. The van der Waals surface area contributed by atoms with Gasteiger partial charge in [0.2, 0.25) is 0 Å². The fourth-order valence-electron chi connectivity index (χ4n) is 2.65. The Morgan fingerprint density at radius 3 is 2.88 bits per heavy atom. The zero-order valence-corrected chi connectivity index (χ0v) is 14.3. The lowest BCUT2D eigenvalue weighted by Gasteiger charge is -2.26. The minimum Gasteiger partial charge on any atom is -0.378 e. The summed E-state index contributed by atoms with van der Waals surface area (Å²) in [5, 5.41) is 0.678. The molecule has 1 amide bonds. The maximum Gasteiger partial charge on any atom is 0.272 e. The Labute approximate surface area is 147 Å². The first kappa shape index (κ1) is 15.5. The van der Waals surface area contributed by atoms with Crippen molar-refractivity contribution in [3.63, 3.8) is 0 Å². The second kappa shape index (κ2) is 6.47. The predicted octanol–water partition coefficient (Wildman–Crippen LogP) is 3.48. The number of carbonyl (C=O) groups is 1. The maximum absolute atomic E-state index is 12.6. The molecule has 0 aromatic carbocycles. The van der Waals surface area contributed by atoms with Gasteiger partial charge in [-0.1, -0.05) is 17.7 Å². The van der Waals surface area contributed by atoms with Crippen LogP contribution in [0.2, 0.25) is 5.02 Å². The highest BCUT2D eigenvalue weighted by Gasteiger charge is 2.20. The summed E-state index contributed by atoms with van der Waals surface area (Å²) in [7, 11) is 0. The van der Waals surface area contributed by atoms with Crippen molar-refractivity contribution in [3.05, 3.63) is 47.2 Å². The highest BCUT2D eigenvalue weighted by molar-refractivity contribution is 7.22. The molecule has 0 N–H and O–H groups in total. The van der Waals surface area contributed by atoms with E-state index < -0.39 is 0 Å². The molecule has 0 unspecified atom stereocenters. The molecule has 24 heavy (non-hydrogen) atoms. The number of nitrogens with zero attached hydrogens (tertiary/aromatic N) is 3. The van der Waals surface area contributed by atoms with E-state index in [2.05, 4.69) is 9.97 Å². The summed E-state index contributed by atoms with van der Waals surface area (Å²) in [5.41, 5.74) is 2.05. The number of carbonyl (C=O) groups excluding carboxylic acids is 1. The Morgan fingerprint density at radius 2 is 2.08 bits per heavy atom. The fraction of sp³-hybridized carbons (Fsp3) is 0.235. The molecule has 1 aliphatic heterocycles. The molecule has 4 rings (SSSR count). The molecule has 5 nitrogen and oxygen atoms in total. The predicted molar refractivity (Wildman–Crippen MR) is 94.6 cm³/mol. The van der Waals surface area contributed by atoms with Crippen LogP contribution in [-0.4, -0.2) is 47.1 Å². The molecule has 0 spiro atoms. The monoisotopic (exact) mass is 359 g/mol. The summed E-state index contributed by atoms with van der Waals surface area (Å²) in [6.07, 6.45) is 1.69. The summed E-state index contributed by atoms with van der Waals surface area (Å²) in [6, 6.07) is 9.23. The zero-order chi connectivity index (χ0) is 16.5. The van der Waals surface area contributed by atoms with Crippen LogP contribution in [0.15, 0.2) is 36.5 Å². The van der Waals surface area contributed by atoms with Crippen molar-refractivity contribution >= 4 is 39.1 Å². The minimum absolute atomic E-state index is 0.0579. The van der Waals surface area contributed by atoms with Crippen molar-refractivity contribution in [2.45, 2.75) is 0 Å². The fourth-order valence-corrected chi connectivity index (χ4v) is 3.91. The number of pyridine rings is 2. The smallest absolute Gasteiger partial charge is 0.272 e. The first-order valence-electron chi connectivity index (χ1n) is 7.61. The van der Waals surface area contributed by atoms with E-state index in [1.54, 1.807) is 23.2 Å². The SMILES string of the molecule is O=C(c1cccc(-c2cc3nccc(Cl)c3s2)n1)N1CCOCC1. The summed E-state index contributed by atoms with van der Waals surface area (Å²) < 4.78 is 6.22. The van der Waals surface area contributed by atoms with E-state index in [9.17, 15) is 4.79 Å². The Hall–Kier alpha value is -2.02. The quantitative estimate of drug-likeness (QED) is 0.703. The highest BCUT2D eigenvalue weighted by Crippen LogP contribution is 2.35. The van der Waals surface area contributed by atoms with Crippen LogP contribution in [0.4, 0.5) is 0 Å². The van der Waals surface area contributed by atoms with Crippen LogP contribution in [0.3, 0.4) is 0 Å². The van der Waals surface area contributed by atoms with Gasteiger partial charge in [-0.15, -0.1) is 11.3 Å². The molecular weight excluding hydrogens is 346 g/mol. The average Bonchev–Trinajstić information content (AvgIpc) is 3.08. The second-order valence-corrected chi connectivity index (χ2v) is 6.89. The zero-order valence-electron chi connectivity index (χ0n) is 12.7. The second-order valence-electron chi connectivity index (χ2n) is 5.43. The molecule has 7 heteroatoms. The summed E-state index contributed by atoms with van der Waals surface area (Å²) >= 11 is 7.75. The van der Waals surface area contributed by atoms with E-state index in [-0.39, 0.29) is 5.91 Å². The van der Waals surface area contributed by atoms with Crippen LogP contribution >= 0.6 is 22.9 Å². The van der Waals surface area contributed by atoms with E-state index in [1.165, 1.54) is 11.3 Å². The number of amides is 1. The van der Waals surface area contributed by atoms with Gasteiger partial charge in [0.1, 0.15) is 5.69 Å². The average molecular weight is 360 g/mol. The molecule has 0 saturated carbocycles. The number of hydrogen-bond donors (Lipinski definition) is 0. The van der Waals surface area contributed by atoms with Gasteiger partial charge in [0, 0.05) is 19.3 Å². The van der Waals surface area contributed by atoms with Gasteiger partial charge in [-0.05, 0) is 24.3 Å². The van der Waals surface area contributed by atoms with Crippen molar-refractivity contribution in [2.24, 2.45) is 0 Å². The molecule has 0 aliphatic carbocycles. The molecule has 3 aromatic heterocycles. The highest BCUT2D eigenvalue weighted by atomic mass is 35.5.